The van der Waals surface area contributed by atoms with Gasteiger partial charge in [-0.2, -0.15) is 4.31 Å². The number of sulfonamides is 1. The molecule has 10 heteroatoms. The van der Waals surface area contributed by atoms with Crippen LogP contribution >= 0.6 is 11.6 Å². The van der Waals surface area contributed by atoms with Gasteiger partial charge in [-0.05, 0) is 18.2 Å². The first-order chi connectivity index (χ1) is 11.2. The molecule has 1 amide bonds. The Hall–Kier alpha value is -1.84. The highest BCUT2D eigenvalue weighted by atomic mass is 35.5. The van der Waals surface area contributed by atoms with E-state index in [1.54, 1.807) is 0 Å². The molecule has 0 aliphatic carbocycles. The number of halogens is 1. The number of piperazine rings is 1. The maximum atomic E-state index is 12.0. The van der Waals surface area contributed by atoms with Crippen LogP contribution in [0.15, 0.2) is 18.2 Å². The number of phenols is 1. The van der Waals surface area contributed by atoms with Crippen LogP contribution in [0.4, 0.5) is 0 Å². The molecule has 0 spiro atoms. The maximum Gasteiger partial charge on any atom is 0.342 e. The van der Waals surface area contributed by atoms with Gasteiger partial charge in [-0.3, -0.25) is 4.79 Å². The molecule has 0 bridgehead atoms. The summed E-state index contributed by atoms with van der Waals surface area (Å²) in [4.78, 5) is 25.3. The van der Waals surface area contributed by atoms with Crippen molar-refractivity contribution in [2.24, 2.45) is 0 Å². The van der Waals surface area contributed by atoms with Gasteiger partial charge in [-0.15, -0.1) is 0 Å². The van der Waals surface area contributed by atoms with Crippen molar-refractivity contribution < 1.29 is 27.9 Å². The van der Waals surface area contributed by atoms with Gasteiger partial charge < -0.3 is 14.7 Å². The highest BCUT2D eigenvalue weighted by molar-refractivity contribution is 7.88. The van der Waals surface area contributed by atoms with Crippen LogP contribution < -0.4 is 0 Å². The fourth-order valence-corrected chi connectivity index (χ4v) is 3.24. The Morgan fingerprint density at radius 3 is 2.42 bits per heavy atom. The zero-order valence-corrected chi connectivity index (χ0v) is 14.5. The molecular weight excluding hydrogens is 360 g/mol. The number of ether oxygens (including phenoxy) is 1. The number of nitrogens with zero attached hydrogens (tertiary/aromatic N) is 2. The van der Waals surface area contributed by atoms with Crippen molar-refractivity contribution in [3.63, 3.8) is 0 Å². The van der Waals surface area contributed by atoms with Gasteiger partial charge in [0.25, 0.3) is 5.91 Å². The number of benzene rings is 1. The third-order valence-corrected chi connectivity index (χ3v) is 5.11. The smallest absolute Gasteiger partial charge is 0.342 e. The van der Waals surface area contributed by atoms with E-state index in [9.17, 15) is 23.1 Å². The lowest BCUT2D eigenvalue weighted by Gasteiger charge is -2.33. The van der Waals surface area contributed by atoms with Crippen LogP contribution in [0.2, 0.25) is 5.02 Å². The molecule has 1 saturated heterocycles. The van der Waals surface area contributed by atoms with Crippen molar-refractivity contribution in [2.75, 3.05) is 39.0 Å². The minimum Gasteiger partial charge on any atom is -0.507 e. The quantitative estimate of drug-likeness (QED) is 0.758. The van der Waals surface area contributed by atoms with Crippen LogP contribution in [-0.4, -0.2) is 73.6 Å². The van der Waals surface area contributed by atoms with E-state index in [0.29, 0.717) is 0 Å². The molecular formula is C14H17ClN2O6S. The lowest BCUT2D eigenvalue weighted by Crippen LogP contribution is -2.51. The van der Waals surface area contributed by atoms with Crippen molar-refractivity contribution in [3.8, 4) is 5.75 Å². The first kappa shape index (κ1) is 18.5. The maximum absolute atomic E-state index is 12.0. The molecule has 1 aliphatic heterocycles. The van der Waals surface area contributed by atoms with Gasteiger partial charge in [0.05, 0.1) is 6.26 Å². The van der Waals surface area contributed by atoms with Crippen LogP contribution in [0.1, 0.15) is 10.4 Å². The monoisotopic (exact) mass is 376 g/mol. The summed E-state index contributed by atoms with van der Waals surface area (Å²) >= 11 is 5.67. The molecule has 1 heterocycles. The zero-order chi connectivity index (χ0) is 17.9. The van der Waals surface area contributed by atoms with Crippen molar-refractivity contribution in [2.45, 2.75) is 0 Å². The summed E-state index contributed by atoms with van der Waals surface area (Å²) in [5, 5.41) is 9.91. The molecule has 0 atom stereocenters. The number of phenolic OH excluding ortho intramolecular Hbond substituents is 1. The average molecular weight is 377 g/mol. The highest BCUT2D eigenvalue weighted by Gasteiger charge is 2.26. The molecule has 24 heavy (non-hydrogen) atoms. The number of esters is 1. The molecule has 1 aromatic rings. The molecule has 8 nitrogen and oxygen atoms in total. The van der Waals surface area contributed by atoms with E-state index in [1.165, 1.54) is 27.4 Å². The number of hydrogen-bond acceptors (Lipinski definition) is 6. The van der Waals surface area contributed by atoms with Crippen LogP contribution in [0.5, 0.6) is 5.75 Å². The fraction of sp³-hybridized carbons (Fsp3) is 0.429. The normalized spacial score (nSPS) is 16.0. The summed E-state index contributed by atoms with van der Waals surface area (Å²) in [7, 11) is -3.27. The summed E-state index contributed by atoms with van der Waals surface area (Å²) in [5.74, 6) is -1.60. The Labute approximate surface area is 144 Å². The first-order valence-corrected chi connectivity index (χ1v) is 9.29. The average Bonchev–Trinajstić information content (AvgIpc) is 2.51. The van der Waals surface area contributed by atoms with E-state index in [-0.39, 0.29) is 42.5 Å². The zero-order valence-electron chi connectivity index (χ0n) is 12.9. The molecule has 1 fully saturated rings. The van der Waals surface area contributed by atoms with E-state index < -0.39 is 28.5 Å². The SMILES string of the molecule is CS(=O)(=O)N1CCN(C(=O)COC(=O)c2ccc(Cl)cc2O)CC1. The predicted molar refractivity (Wildman–Crippen MR) is 86.4 cm³/mol. The van der Waals surface area contributed by atoms with E-state index >= 15 is 0 Å². The standard InChI is InChI=1S/C14H17ClN2O6S/c1-24(21,22)17-6-4-16(5-7-17)13(19)9-23-14(20)11-3-2-10(15)8-12(11)18/h2-3,8,18H,4-7,9H2,1H3. The molecule has 1 aliphatic rings. The molecule has 0 saturated carbocycles. The molecule has 132 valence electrons. The third kappa shape index (κ3) is 4.59. The highest BCUT2D eigenvalue weighted by Crippen LogP contribution is 2.22. The summed E-state index contributed by atoms with van der Waals surface area (Å²) in [6.45, 7) is 0.387. The van der Waals surface area contributed by atoms with Gasteiger partial charge in [0, 0.05) is 31.2 Å². The lowest BCUT2D eigenvalue weighted by atomic mass is 10.2. The fourth-order valence-electron chi connectivity index (χ4n) is 2.24. The van der Waals surface area contributed by atoms with Gasteiger partial charge in [-0.1, -0.05) is 11.6 Å². The summed E-state index contributed by atoms with van der Waals surface area (Å²) < 4.78 is 29.0. The molecule has 0 unspecified atom stereocenters. The summed E-state index contributed by atoms with van der Waals surface area (Å²) in [6.07, 6.45) is 1.12. The van der Waals surface area contributed by atoms with Crippen molar-refractivity contribution >= 4 is 33.5 Å². The van der Waals surface area contributed by atoms with E-state index in [4.69, 9.17) is 16.3 Å². The van der Waals surface area contributed by atoms with Gasteiger partial charge >= 0.3 is 5.97 Å². The van der Waals surface area contributed by atoms with E-state index in [2.05, 4.69) is 0 Å². The Morgan fingerprint density at radius 1 is 1.25 bits per heavy atom. The largest absolute Gasteiger partial charge is 0.507 e. The van der Waals surface area contributed by atoms with Crippen molar-refractivity contribution in [3.05, 3.63) is 28.8 Å². The van der Waals surface area contributed by atoms with Crippen molar-refractivity contribution in [1.29, 1.82) is 0 Å². The van der Waals surface area contributed by atoms with Crippen molar-refractivity contribution in [1.82, 2.24) is 9.21 Å². The molecule has 0 radical (unpaired) electrons. The molecule has 0 aromatic heterocycles. The second-order valence-corrected chi connectivity index (χ2v) is 7.70. The molecule has 2 rings (SSSR count). The number of rotatable bonds is 4. The van der Waals surface area contributed by atoms with Gasteiger partial charge in [0.2, 0.25) is 10.0 Å². The van der Waals surface area contributed by atoms with Gasteiger partial charge in [0.15, 0.2) is 6.61 Å². The molecule has 1 N–H and O–H groups in total. The number of carbonyl (C=O) groups is 2. The minimum atomic E-state index is -3.27. The van der Waals surface area contributed by atoms with E-state index in [1.807, 2.05) is 0 Å². The topological polar surface area (TPSA) is 104 Å². The number of aromatic hydroxyl groups is 1. The summed E-state index contributed by atoms with van der Waals surface area (Å²) in [6, 6.07) is 3.92. The third-order valence-electron chi connectivity index (χ3n) is 3.57. The number of carbonyl (C=O) groups excluding carboxylic acids is 2. The minimum absolute atomic E-state index is 0.0888. The Balaban J connectivity index is 1.86. The van der Waals surface area contributed by atoms with Gasteiger partial charge in [0.1, 0.15) is 11.3 Å². The Kier molecular flexibility index (Phi) is 5.68. The van der Waals surface area contributed by atoms with Crippen LogP contribution in [0.3, 0.4) is 0 Å². The Bertz CT molecular complexity index is 744. The number of amides is 1. The van der Waals surface area contributed by atoms with E-state index in [0.717, 1.165) is 6.26 Å². The predicted octanol–water partition coefficient (Wildman–Crippen LogP) is 0.306. The number of hydrogen-bond donors (Lipinski definition) is 1. The van der Waals surface area contributed by atoms with Gasteiger partial charge in [-0.25, -0.2) is 13.2 Å². The second kappa shape index (κ2) is 7.37. The first-order valence-electron chi connectivity index (χ1n) is 7.07. The molecule has 1 aromatic carbocycles. The van der Waals surface area contributed by atoms with Crippen LogP contribution in [-0.2, 0) is 19.6 Å². The van der Waals surface area contributed by atoms with Crippen LogP contribution in [0.25, 0.3) is 0 Å². The summed E-state index contributed by atoms with van der Waals surface area (Å²) in [5.41, 5.74) is -0.0888. The second-order valence-electron chi connectivity index (χ2n) is 5.28. The van der Waals surface area contributed by atoms with Crippen LogP contribution in [0, 0.1) is 0 Å². The Morgan fingerprint density at radius 2 is 1.88 bits per heavy atom. The lowest BCUT2D eigenvalue weighted by molar-refractivity contribution is -0.135.